The first-order valence-electron chi connectivity index (χ1n) is 5.79. The Morgan fingerprint density at radius 2 is 2.06 bits per heavy atom. The molecule has 0 saturated carbocycles. The summed E-state index contributed by atoms with van der Waals surface area (Å²) in [6.07, 6.45) is 2.86. The smallest absolute Gasteiger partial charge is 0.412 e. The number of benzene rings is 1. The first kappa shape index (κ1) is 14.3. The molecule has 0 radical (unpaired) electrons. The molecule has 4 heteroatoms. The Morgan fingerprint density at radius 3 is 2.67 bits per heavy atom. The van der Waals surface area contributed by atoms with Crippen LogP contribution in [0.1, 0.15) is 26.3 Å². The van der Waals surface area contributed by atoms with E-state index in [0.717, 1.165) is 5.56 Å². The van der Waals surface area contributed by atoms with Gasteiger partial charge in [-0.3, -0.25) is 5.32 Å². The summed E-state index contributed by atoms with van der Waals surface area (Å²) in [7, 11) is 0. The Balaban J connectivity index is 2.78. The zero-order valence-electron chi connectivity index (χ0n) is 10.9. The number of anilines is 1. The van der Waals surface area contributed by atoms with Crippen molar-refractivity contribution in [1.29, 1.82) is 0 Å². The molecule has 0 heterocycles. The second kappa shape index (κ2) is 6.21. The van der Waals surface area contributed by atoms with Gasteiger partial charge in [-0.25, -0.2) is 4.79 Å². The van der Waals surface area contributed by atoms with E-state index in [4.69, 9.17) is 9.84 Å². The Kier molecular flexibility index (Phi) is 4.92. The third-order valence-corrected chi connectivity index (χ3v) is 2.00. The van der Waals surface area contributed by atoms with Crippen molar-refractivity contribution in [3.05, 3.63) is 35.9 Å². The number of rotatable bonds is 3. The molecule has 0 aromatic heterocycles. The Labute approximate surface area is 107 Å². The van der Waals surface area contributed by atoms with Gasteiger partial charge in [-0.1, -0.05) is 30.4 Å². The van der Waals surface area contributed by atoms with Crippen LogP contribution < -0.4 is 5.32 Å². The molecule has 0 bridgehead atoms. The van der Waals surface area contributed by atoms with Gasteiger partial charge in [0.1, 0.15) is 5.60 Å². The quantitative estimate of drug-likeness (QED) is 0.865. The lowest BCUT2D eigenvalue weighted by Crippen LogP contribution is -2.27. The van der Waals surface area contributed by atoms with Crippen molar-refractivity contribution in [2.75, 3.05) is 11.9 Å². The van der Waals surface area contributed by atoms with Crippen LogP contribution in [-0.4, -0.2) is 23.4 Å². The molecule has 0 saturated heterocycles. The molecule has 2 N–H and O–H groups in total. The minimum absolute atomic E-state index is 0.0409. The summed E-state index contributed by atoms with van der Waals surface area (Å²) >= 11 is 0. The van der Waals surface area contributed by atoms with Crippen molar-refractivity contribution in [1.82, 2.24) is 0 Å². The van der Waals surface area contributed by atoms with Gasteiger partial charge >= 0.3 is 6.09 Å². The Bertz CT molecular complexity index is 433. The van der Waals surface area contributed by atoms with Crippen molar-refractivity contribution in [3.8, 4) is 0 Å². The second-order valence-electron chi connectivity index (χ2n) is 4.80. The lowest BCUT2D eigenvalue weighted by Gasteiger charge is -2.20. The highest BCUT2D eigenvalue weighted by atomic mass is 16.6. The lowest BCUT2D eigenvalue weighted by atomic mass is 10.1. The van der Waals surface area contributed by atoms with Crippen LogP contribution in [0.2, 0.25) is 0 Å². The van der Waals surface area contributed by atoms with Gasteiger partial charge in [-0.2, -0.15) is 0 Å². The number of ether oxygens (including phenoxy) is 1. The van der Waals surface area contributed by atoms with Crippen LogP contribution >= 0.6 is 0 Å². The van der Waals surface area contributed by atoms with Crippen molar-refractivity contribution < 1.29 is 14.6 Å². The molecule has 1 aromatic rings. The molecule has 0 atom stereocenters. The number of carbonyl (C=O) groups is 1. The SMILES string of the molecule is CC(C)(C)OC(=O)Nc1ccccc1/C=C/CO. The van der Waals surface area contributed by atoms with Crippen LogP contribution in [0, 0.1) is 0 Å². The molecule has 0 unspecified atom stereocenters. The van der Waals surface area contributed by atoms with E-state index in [1.807, 2.05) is 39.0 Å². The zero-order valence-corrected chi connectivity index (χ0v) is 10.9. The number of amides is 1. The second-order valence-corrected chi connectivity index (χ2v) is 4.80. The molecule has 0 fully saturated rings. The van der Waals surface area contributed by atoms with Gasteiger partial charge in [0.05, 0.1) is 12.3 Å². The van der Waals surface area contributed by atoms with Crippen LogP contribution in [0.5, 0.6) is 0 Å². The molecular weight excluding hydrogens is 230 g/mol. The molecule has 98 valence electrons. The summed E-state index contributed by atoms with van der Waals surface area (Å²) in [5.41, 5.74) is 0.939. The first-order chi connectivity index (χ1) is 8.42. The van der Waals surface area contributed by atoms with Gasteiger partial charge in [0, 0.05) is 0 Å². The van der Waals surface area contributed by atoms with Gasteiger partial charge in [0.2, 0.25) is 0 Å². The molecule has 0 aliphatic rings. The number of hydrogen-bond acceptors (Lipinski definition) is 3. The fourth-order valence-electron chi connectivity index (χ4n) is 1.35. The number of carbonyl (C=O) groups excluding carboxylic acids is 1. The molecule has 0 spiro atoms. The first-order valence-corrected chi connectivity index (χ1v) is 5.79. The monoisotopic (exact) mass is 249 g/mol. The van der Waals surface area contributed by atoms with Crippen molar-refractivity contribution in [2.24, 2.45) is 0 Å². The van der Waals surface area contributed by atoms with Crippen LogP contribution in [0.25, 0.3) is 6.08 Å². The number of aliphatic hydroxyl groups excluding tert-OH is 1. The van der Waals surface area contributed by atoms with E-state index < -0.39 is 11.7 Å². The predicted octanol–water partition coefficient (Wildman–Crippen LogP) is 3.04. The average Bonchev–Trinajstić information content (AvgIpc) is 2.25. The third-order valence-electron chi connectivity index (χ3n) is 2.00. The molecule has 18 heavy (non-hydrogen) atoms. The van der Waals surface area contributed by atoms with Gasteiger partial charge in [-0.15, -0.1) is 0 Å². The summed E-state index contributed by atoms with van der Waals surface area (Å²) in [5, 5.41) is 11.4. The number of aliphatic hydroxyl groups is 1. The maximum atomic E-state index is 11.6. The van der Waals surface area contributed by atoms with E-state index in [9.17, 15) is 4.79 Å². The molecule has 1 aromatic carbocycles. The maximum Gasteiger partial charge on any atom is 0.412 e. The van der Waals surface area contributed by atoms with Crippen molar-refractivity contribution in [3.63, 3.8) is 0 Å². The van der Waals surface area contributed by atoms with E-state index in [1.165, 1.54) is 0 Å². The highest BCUT2D eigenvalue weighted by Crippen LogP contribution is 2.18. The number of nitrogens with one attached hydrogen (secondary N) is 1. The normalized spacial score (nSPS) is 11.6. The van der Waals surface area contributed by atoms with E-state index in [0.29, 0.717) is 5.69 Å². The van der Waals surface area contributed by atoms with Crippen LogP contribution in [0.3, 0.4) is 0 Å². The molecular formula is C14H19NO3. The standard InChI is InChI=1S/C14H19NO3/c1-14(2,3)18-13(17)15-12-9-5-4-7-11(12)8-6-10-16/h4-9,16H,10H2,1-3H3,(H,15,17)/b8-6+. The Hall–Kier alpha value is -1.81. The predicted molar refractivity (Wildman–Crippen MR) is 72.4 cm³/mol. The summed E-state index contributed by atoms with van der Waals surface area (Å²) in [6.45, 7) is 5.39. The Morgan fingerprint density at radius 1 is 1.39 bits per heavy atom. The van der Waals surface area contributed by atoms with Gasteiger partial charge in [-0.05, 0) is 32.4 Å². The fraction of sp³-hybridized carbons (Fsp3) is 0.357. The minimum atomic E-state index is -0.528. The third kappa shape index (κ3) is 5.01. The lowest BCUT2D eigenvalue weighted by molar-refractivity contribution is 0.0636. The highest BCUT2D eigenvalue weighted by molar-refractivity contribution is 5.88. The highest BCUT2D eigenvalue weighted by Gasteiger charge is 2.16. The van der Waals surface area contributed by atoms with Gasteiger partial charge < -0.3 is 9.84 Å². The number of para-hydroxylation sites is 1. The van der Waals surface area contributed by atoms with Gasteiger partial charge in [0.25, 0.3) is 0 Å². The van der Waals surface area contributed by atoms with Crippen LogP contribution in [-0.2, 0) is 4.74 Å². The van der Waals surface area contributed by atoms with Crippen LogP contribution in [0.4, 0.5) is 10.5 Å². The summed E-state index contributed by atoms with van der Waals surface area (Å²) in [4.78, 5) is 11.6. The van der Waals surface area contributed by atoms with Gasteiger partial charge in [0.15, 0.2) is 0 Å². The summed E-state index contributed by atoms with van der Waals surface area (Å²) < 4.78 is 5.18. The number of hydrogen-bond donors (Lipinski definition) is 2. The molecule has 1 rings (SSSR count). The van der Waals surface area contributed by atoms with Crippen molar-refractivity contribution >= 4 is 17.9 Å². The molecule has 1 amide bonds. The fourth-order valence-corrected chi connectivity index (χ4v) is 1.35. The zero-order chi connectivity index (χ0) is 13.6. The van der Waals surface area contributed by atoms with Crippen molar-refractivity contribution in [2.45, 2.75) is 26.4 Å². The van der Waals surface area contributed by atoms with E-state index >= 15 is 0 Å². The molecule has 0 aliphatic heterocycles. The van der Waals surface area contributed by atoms with E-state index in [1.54, 1.807) is 18.2 Å². The minimum Gasteiger partial charge on any atom is -0.444 e. The maximum absolute atomic E-state index is 11.6. The van der Waals surface area contributed by atoms with E-state index in [-0.39, 0.29) is 6.61 Å². The summed E-state index contributed by atoms with van der Waals surface area (Å²) in [5.74, 6) is 0. The molecule has 4 nitrogen and oxygen atoms in total. The molecule has 0 aliphatic carbocycles. The largest absolute Gasteiger partial charge is 0.444 e. The van der Waals surface area contributed by atoms with E-state index in [2.05, 4.69) is 5.32 Å². The van der Waals surface area contributed by atoms with Crippen LogP contribution in [0.15, 0.2) is 30.3 Å². The summed E-state index contributed by atoms with van der Waals surface area (Å²) in [6, 6.07) is 7.31. The topological polar surface area (TPSA) is 58.6 Å². The average molecular weight is 249 g/mol.